The molecule has 0 saturated carbocycles. The number of benzene rings is 2. The van der Waals surface area contributed by atoms with Crippen molar-refractivity contribution in [3.8, 4) is 0 Å². The maximum atomic E-state index is 14.4. The largest absolute Gasteiger partial charge is 0.379 e. The number of rotatable bonds is 20. The average molecular weight is 821 g/mol. The highest BCUT2D eigenvalue weighted by molar-refractivity contribution is 5.97. The molecule has 0 bridgehead atoms. The summed E-state index contributed by atoms with van der Waals surface area (Å²) in [6, 6.07) is 14.5. The van der Waals surface area contributed by atoms with E-state index in [4.69, 9.17) is 20.2 Å². The van der Waals surface area contributed by atoms with Crippen LogP contribution in [0.15, 0.2) is 59.6 Å². The van der Waals surface area contributed by atoms with Gasteiger partial charge in [0.1, 0.15) is 12.1 Å². The van der Waals surface area contributed by atoms with Crippen molar-refractivity contribution in [2.45, 2.75) is 110 Å². The Morgan fingerprint density at radius 2 is 1.51 bits per heavy atom. The molecule has 0 aromatic heterocycles. The normalized spacial score (nSPS) is 17.5. The zero-order valence-electron chi connectivity index (χ0n) is 37.6. The van der Waals surface area contributed by atoms with Crippen LogP contribution in [0.25, 0.3) is 0 Å². The lowest BCUT2D eigenvalue weighted by Crippen LogP contribution is -2.55. The van der Waals surface area contributed by atoms with Crippen LogP contribution in [0, 0.1) is 17.8 Å². The number of carbonyl (C=O) groups is 4. The molecule has 0 unspecified atom stereocenters. The highest BCUT2D eigenvalue weighted by Gasteiger charge is 2.43. The molecule has 59 heavy (non-hydrogen) atoms. The van der Waals surface area contributed by atoms with Gasteiger partial charge in [-0.1, -0.05) is 83.5 Å². The molecule has 14 heteroatoms. The van der Waals surface area contributed by atoms with Gasteiger partial charge in [-0.3, -0.25) is 19.2 Å². The SMILES string of the molecule is CC[C@H](C)[C@@H]([C@@H](CC(=O)N1CCC[C@H]1[C@H](OC)[C@@H](C)C(=O)N[C@@H](Cc1ccccc1)C(=O)Nc1ccc(CN)cc1)OC)N(C)C(=O)[C@@H](N=C(N(C)C)N(C)C)C(C)C. The van der Waals surface area contributed by atoms with Crippen LogP contribution in [0.5, 0.6) is 0 Å². The Bertz CT molecular complexity index is 1660. The first kappa shape index (κ1) is 48.8. The Balaban J connectivity index is 1.83. The van der Waals surface area contributed by atoms with Crippen molar-refractivity contribution < 1.29 is 28.7 Å². The van der Waals surface area contributed by atoms with Crippen molar-refractivity contribution in [3.63, 3.8) is 0 Å². The molecule has 1 aliphatic rings. The minimum absolute atomic E-state index is 0.0109. The van der Waals surface area contributed by atoms with Gasteiger partial charge in [-0.2, -0.15) is 0 Å². The lowest BCUT2D eigenvalue weighted by molar-refractivity contribution is -0.146. The number of likely N-dealkylation sites (N-methyl/N-ethyl adjacent to an activating group) is 1. The number of ether oxygens (including phenoxy) is 2. The number of amides is 4. The van der Waals surface area contributed by atoms with Crippen molar-refractivity contribution in [3.05, 3.63) is 65.7 Å². The first-order valence-electron chi connectivity index (χ1n) is 21.0. The zero-order chi connectivity index (χ0) is 44.0. The predicted molar refractivity (Wildman–Crippen MR) is 235 cm³/mol. The molecule has 1 heterocycles. The Hall–Kier alpha value is -4.53. The van der Waals surface area contributed by atoms with Crippen molar-refractivity contribution in [2.75, 3.05) is 61.3 Å². The van der Waals surface area contributed by atoms with E-state index in [9.17, 15) is 19.2 Å². The Kier molecular flexibility index (Phi) is 19.3. The van der Waals surface area contributed by atoms with E-state index in [-0.39, 0.29) is 54.3 Å². The molecule has 4 amide bonds. The van der Waals surface area contributed by atoms with Crippen LogP contribution in [-0.2, 0) is 41.6 Å². The summed E-state index contributed by atoms with van der Waals surface area (Å²) in [5.41, 5.74) is 8.18. The molecular formula is C45H72N8O6. The molecule has 1 aliphatic heterocycles. The van der Waals surface area contributed by atoms with Crippen molar-refractivity contribution in [2.24, 2.45) is 28.5 Å². The third-order valence-corrected chi connectivity index (χ3v) is 11.6. The zero-order valence-corrected chi connectivity index (χ0v) is 37.6. The number of hydrogen-bond donors (Lipinski definition) is 3. The van der Waals surface area contributed by atoms with E-state index in [2.05, 4.69) is 24.5 Å². The quantitative estimate of drug-likeness (QED) is 0.131. The molecule has 0 radical (unpaired) electrons. The molecule has 328 valence electrons. The van der Waals surface area contributed by atoms with E-state index in [1.807, 2.05) is 94.3 Å². The number of methoxy groups -OCH3 is 2. The number of hydrogen-bond acceptors (Lipinski definition) is 8. The Labute approximate surface area is 353 Å². The van der Waals surface area contributed by atoms with Crippen molar-refractivity contribution in [1.29, 1.82) is 0 Å². The lowest BCUT2D eigenvalue weighted by atomic mass is 9.89. The van der Waals surface area contributed by atoms with E-state index in [0.29, 0.717) is 31.2 Å². The van der Waals surface area contributed by atoms with Crippen LogP contribution in [-0.4, -0.2) is 142 Å². The van der Waals surface area contributed by atoms with Gasteiger partial charge in [-0.25, -0.2) is 4.99 Å². The minimum atomic E-state index is -0.877. The number of anilines is 1. The second-order valence-corrected chi connectivity index (χ2v) is 16.6. The van der Waals surface area contributed by atoms with Gasteiger partial charge in [-0.15, -0.1) is 0 Å². The Morgan fingerprint density at radius 1 is 0.881 bits per heavy atom. The summed E-state index contributed by atoms with van der Waals surface area (Å²) >= 11 is 0. The predicted octanol–water partition coefficient (Wildman–Crippen LogP) is 4.24. The van der Waals surface area contributed by atoms with E-state index >= 15 is 0 Å². The van der Waals surface area contributed by atoms with Gasteiger partial charge in [0.25, 0.3) is 0 Å². The summed E-state index contributed by atoms with van der Waals surface area (Å²) in [7, 11) is 12.5. The summed E-state index contributed by atoms with van der Waals surface area (Å²) in [5.74, 6) is -1.06. The van der Waals surface area contributed by atoms with E-state index in [1.54, 1.807) is 50.1 Å². The fourth-order valence-electron chi connectivity index (χ4n) is 8.08. The second kappa shape index (κ2) is 23.3. The molecule has 0 aliphatic carbocycles. The lowest BCUT2D eigenvalue weighted by Gasteiger charge is -2.40. The molecule has 0 spiro atoms. The molecule has 2 aromatic rings. The van der Waals surface area contributed by atoms with Crippen LogP contribution in [0.1, 0.15) is 71.4 Å². The summed E-state index contributed by atoms with van der Waals surface area (Å²) < 4.78 is 12.1. The maximum Gasteiger partial charge on any atom is 0.247 e. The summed E-state index contributed by atoms with van der Waals surface area (Å²) in [6.45, 7) is 10.8. The first-order valence-corrected chi connectivity index (χ1v) is 21.0. The Morgan fingerprint density at radius 3 is 2.03 bits per heavy atom. The van der Waals surface area contributed by atoms with Gasteiger partial charge in [0.05, 0.1) is 36.6 Å². The fourth-order valence-corrected chi connectivity index (χ4v) is 8.08. The van der Waals surface area contributed by atoms with Crippen LogP contribution in [0.3, 0.4) is 0 Å². The monoisotopic (exact) mass is 821 g/mol. The number of nitrogens with one attached hydrogen (secondary N) is 2. The molecule has 4 N–H and O–H groups in total. The number of nitrogens with zero attached hydrogens (tertiary/aromatic N) is 5. The van der Waals surface area contributed by atoms with Crippen LogP contribution in [0.2, 0.25) is 0 Å². The minimum Gasteiger partial charge on any atom is -0.379 e. The molecule has 1 saturated heterocycles. The molecule has 2 aromatic carbocycles. The van der Waals surface area contributed by atoms with Crippen LogP contribution in [0.4, 0.5) is 5.69 Å². The molecule has 14 nitrogen and oxygen atoms in total. The molecule has 3 rings (SSSR count). The second-order valence-electron chi connectivity index (χ2n) is 16.6. The summed E-state index contributed by atoms with van der Waals surface area (Å²) in [5, 5.41) is 5.94. The highest BCUT2D eigenvalue weighted by Crippen LogP contribution is 2.30. The summed E-state index contributed by atoms with van der Waals surface area (Å²) in [6.07, 6.45) is 1.23. The number of aliphatic imine (C=N–C) groups is 1. The molecule has 8 atom stereocenters. The topological polar surface area (TPSA) is 162 Å². The standard InChI is InChI=1S/C45H72N8O6/c1-13-30(4)40(52(10)44(57)39(29(2)3)49-45(50(6)7)51(8)9)37(58-11)27-38(54)53-25-17-20-36(53)41(59-12)31(5)42(55)48-35(26-32-18-15-14-16-19-32)43(56)47-34-23-21-33(28-46)22-24-34/h14-16,18-19,21-24,29-31,35-37,39-41H,13,17,20,25-28,46H2,1-12H3,(H,47,56)(H,48,55)/t30-,31+,35-,36-,37+,39-,40-,41+/m0/s1. The third-order valence-electron chi connectivity index (χ3n) is 11.6. The van der Waals surface area contributed by atoms with Crippen molar-refractivity contribution >= 4 is 35.3 Å². The average Bonchev–Trinajstić information content (AvgIpc) is 3.70. The third kappa shape index (κ3) is 13.2. The van der Waals surface area contributed by atoms with Crippen LogP contribution < -0.4 is 16.4 Å². The van der Waals surface area contributed by atoms with Gasteiger partial charge in [0, 0.05) is 74.7 Å². The number of carbonyl (C=O) groups excluding carboxylic acids is 4. The smallest absolute Gasteiger partial charge is 0.247 e. The van der Waals surface area contributed by atoms with E-state index in [0.717, 1.165) is 24.0 Å². The van der Waals surface area contributed by atoms with Gasteiger partial charge < -0.3 is 45.4 Å². The van der Waals surface area contributed by atoms with Crippen molar-refractivity contribution in [1.82, 2.24) is 24.9 Å². The molecular weight excluding hydrogens is 749 g/mol. The number of likely N-dealkylation sites (tertiary alicyclic amines) is 1. The molecule has 1 fully saturated rings. The van der Waals surface area contributed by atoms with Gasteiger partial charge >= 0.3 is 0 Å². The van der Waals surface area contributed by atoms with Gasteiger partial charge in [0.2, 0.25) is 23.6 Å². The summed E-state index contributed by atoms with van der Waals surface area (Å²) in [4.78, 5) is 68.6. The first-order chi connectivity index (χ1) is 28.0. The number of nitrogens with two attached hydrogens (primary N) is 1. The fraction of sp³-hybridized carbons (Fsp3) is 0.622. The van der Waals surface area contributed by atoms with E-state index in [1.165, 1.54) is 0 Å². The van der Waals surface area contributed by atoms with E-state index < -0.39 is 36.3 Å². The number of guanidine groups is 1. The van der Waals surface area contributed by atoms with Gasteiger partial charge in [0.15, 0.2) is 5.96 Å². The highest BCUT2D eigenvalue weighted by atomic mass is 16.5. The van der Waals surface area contributed by atoms with Gasteiger partial charge in [-0.05, 0) is 47.9 Å². The van der Waals surface area contributed by atoms with Crippen LogP contribution >= 0.6 is 0 Å². The maximum absolute atomic E-state index is 14.4.